The van der Waals surface area contributed by atoms with Crippen LogP contribution >= 0.6 is 11.8 Å². The van der Waals surface area contributed by atoms with E-state index in [0.717, 1.165) is 18.9 Å². The Morgan fingerprint density at radius 3 is 2.96 bits per heavy atom. The number of amidine groups is 1. The number of hydrogen-bond acceptors (Lipinski definition) is 5. The molecule has 0 bridgehead atoms. The summed E-state index contributed by atoms with van der Waals surface area (Å²) >= 11 is 1.32. The molecule has 0 aromatic heterocycles. The molecule has 0 aliphatic carbocycles. The van der Waals surface area contributed by atoms with E-state index in [4.69, 9.17) is 10.00 Å². The third-order valence-corrected chi connectivity index (χ3v) is 5.28. The van der Waals surface area contributed by atoms with Crippen LogP contribution in [0.25, 0.3) is 0 Å². The normalized spacial score (nSPS) is 25.5. The highest BCUT2D eigenvalue weighted by Crippen LogP contribution is 2.44. The van der Waals surface area contributed by atoms with Gasteiger partial charge < -0.3 is 10.1 Å². The monoisotopic (exact) mass is 384 g/mol. The number of nitrogens with zero attached hydrogens (tertiary/aromatic N) is 2. The summed E-state index contributed by atoms with van der Waals surface area (Å²) in [6.07, 6.45) is 0.347. The van der Waals surface area contributed by atoms with Crippen molar-refractivity contribution in [3.63, 3.8) is 0 Å². The van der Waals surface area contributed by atoms with Gasteiger partial charge in [0.15, 0.2) is 11.4 Å². The van der Waals surface area contributed by atoms with Gasteiger partial charge in [0, 0.05) is 23.7 Å². The van der Waals surface area contributed by atoms with Crippen molar-refractivity contribution in [2.75, 3.05) is 24.7 Å². The summed E-state index contributed by atoms with van der Waals surface area (Å²) in [5.74, 6) is 0.142. The fourth-order valence-electron chi connectivity index (χ4n) is 3.37. The van der Waals surface area contributed by atoms with Gasteiger partial charge in [-0.05, 0) is 37.3 Å². The minimum atomic E-state index is -4.38. The second-order valence-corrected chi connectivity index (χ2v) is 7.08. The lowest BCUT2D eigenvalue weighted by Gasteiger charge is -2.41. The average molecular weight is 384 g/mol. The van der Waals surface area contributed by atoms with Crippen LogP contribution in [0.15, 0.2) is 23.2 Å². The van der Waals surface area contributed by atoms with Crippen molar-refractivity contribution in [3.8, 4) is 6.19 Å². The van der Waals surface area contributed by atoms with Crippen molar-refractivity contribution in [2.45, 2.75) is 31.2 Å². The van der Waals surface area contributed by atoms with Crippen molar-refractivity contribution in [1.82, 2.24) is 5.32 Å². The highest BCUT2D eigenvalue weighted by Gasteiger charge is 2.38. The maximum absolute atomic E-state index is 13.1. The predicted octanol–water partition coefficient (Wildman–Crippen LogP) is 3.76. The van der Waals surface area contributed by atoms with Gasteiger partial charge in [-0.3, -0.25) is 10.3 Å². The largest absolute Gasteiger partial charge is 0.416 e. The Hall–Kier alpha value is -1.92. The number of nitrogens with one attached hydrogen (secondary N) is 2. The zero-order chi connectivity index (χ0) is 18.7. The molecule has 3 atom stereocenters. The number of rotatable bonds is 2. The van der Waals surface area contributed by atoms with Gasteiger partial charge in [-0.15, -0.1) is 0 Å². The number of benzene rings is 1. The van der Waals surface area contributed by atoms with Gasteiger partial charge in [0.1, 0.15) is 0 Å². The number of hydrogen-bond donors (Lipinski definition) is 2. The predicted molar refractivity (Wildman–Crippen MR) is 94.8 cm³/mol. The van der Waals surface area contributed by atoms with E-state index in [1.165, 1.54) is 23.9 Å². The highest BCUT2D eigenvalue weighted by atomic mass is 32.2. The van der Waals surface area contributed by atoms with Gasteiger partial charge in [0.05, 0.1) is 24.3 Å². The fraction of sp³-hybridized carbons (Fsp3) is 0.529. The van der Waals surface area contributed by atoms with Crippen LogP contribution in [0, 0.1) is 17.4 Å². The number of thioether (sulfide) groups is 1. The van der Waals surface area contributed by atoms with Crippen LogP contribution in [0.5, 0.6) is 0 Å². The molecule has 5 nitrogen and oxygen atoms in total. The van der Waals surface area contributed by atoms with Crippen LogP contribution in [-0.4, -0.2) is 30.6 Å². The first-order valence-corrected chi connectivity index (χ1v) is 9.49. The Kier molecular flexibility index (Phi) is 5.63. The molecule has 26 heavy (non-hydrogen) atoms. The van der Waals surface area contributed by atoms with Gasteiger partial charge in [-0.25, -0.2) is 0 Å². The summed E-state index contributed by atoms with van der Waals surface area (Å²) in [6, 6.07) is 3.76. The lowest BCUT2D eigenvalue weighted by molar-refractivity contribution is -0.137. The average Bonchev–Trinajstić information content (AvgIpc) is 2.63. The number of anilines is 1. The van der Waals surface area contributed by atoms with E-state index in [9.17, 15) is 13.2 Å². The smallest absolute Gasteiger partial charge is 0.384 e. The summed E-state index contributed by atoms with van der Waals surface area (Å²) in [4.78, 5) is 4.33. The van der Waals surface area contributed by atoms with E-state index in [-0.39, 0.29) is 18.1 Å². The van der Waals surface area contributed by atoms with Gasteiger partial charge in [0.2, 0.25) is 0 Å². The molecule has 0 saturated carbocycles. The molecule has 2 N–H and O–H groups in total. The maximum Gasteiger partial charge on any atom is 0.416 e. The number of aliphatic imine (C=N–C) groups is 1. The highest BCUT2D eigenvalue weighted by molar-refractivity contribution is 8.13. The van der Waals surface area contributed by atoms with Crippen LogP contribution < -0.4 is 10.6 Å². The van der Waals surface area contributed by atoms with Crippen molar-refractivity contribution >= 4 is 22.6 Å². The maximum atomic E-state index is 13.1. The number of halogens is 3. The van der Waals surface area contributed by atoms with E-state index in [2.05, 4.69) is 15.6 Å². The molecule has 1 aromatic carbocycles. The molecule has 2 heterocycles. The zero-order valence-electron chi connectivity index (χ0n) is 14.1. The van der Waals surface area contributed by atoms with E-state index in [1.807, 2.05) is 12.4 Å². The first kappa shape index (κ1) is 18.9. The van der Waals surface area contributed by atoms with E-state index >= 15 is 0 Å². The SMILES string of the molecule is CSC(=NCC1CCC2CNc3ccc(C(F)(F)F)cc3C2O1)NC#N. The van der Waals surface area contributed by atoms with Crippen molar-refractivity contribution in [3.05, 3.63) is 29.3 Å². The van der Waals surface area contributed by atoms with Crippen molar-refractivity contribution < 1.29 is 17.9 Å². The minimum absolute atomic E-state index is 0.142. The summed E-state index contributed by atoms with van der Waals surface area (Å²) < 4.78 is 45.3. The second kappa shape index (κ2) is 7.76. The van der Waals surface area contributed by atoms with Crippen LogP contribution in [0.3, 0.4) is 0 Å². The molecule has 140 valence electrons. The van der Waals surface area contributed by atoms with Gasteiger partial charge in [-0.2, -0.15) is 18.4 Å². The lowest BCUT2D eigenvalue weighted by Crippen LogP contribution is -2.38. The van der Waals surface area contributed by atoms with Crippen LogP contribution in [-0.2, 0) is 10.9 Å². The Balaban J connectivity index is 1.78. The summed E-state index contributed by atoms with van der Waals surface area (Å²) in [7, 11) is 0. The quantitative estimate of drug-likeness (QED) is 0.352. The third-order valence-electron chi connectivity index (χ3n) is 4.66. The number of fused-ring (bicyclic) bond motifs is 3. The minimum Gasteiger partial charge on any atom is -0.384 e. The molecule has 3 rings (SSSR count). The lowest BCUT2D eigenvalue weighted by atomic mass is 9.83. The van der Waals surface area contributed by atoms with Crippen molar-refractivity contribution in [1.29, 1.82) is 5.26 Å². The molecule has 0 radical (unpaired) electrons. The van der Waals surface area contributed by atoms with Crippen LogP contribution in [0.1, 0.15) is 30.1 Å². The topological polar surface area (TPSA) is 69.4 Å². The Morgan fingerprint density at radius 1 is 1.46 bits per heavy atom. The zero-order valence-corrected chi connectivity index (χ0v) is 15.0. The molecule has 1 fully saturated rings. The van der Waals surface area contributed by atoms with E-state index in [0.29, 0.717) is 29.5 Å². The molecule has 3 unspecified atom stereocenters. The van der Waals surface area contributed by atoms with Crippen LogP contribution in [0.2, 0.25) is 0 Å². The molecule has 0 spiro atoms. The molecular weight excluding hydrogens is 365 g/mol. The molecule has 1 saturated heterocycles. The Bertz CT molecular complexity index is 732. The summed E-state index contributed by atoms with van der Waals surface area (Å²) in [5, 5.41) is 14.9. The molecule has 0 amide bonds. The molecule has 2 aliphatic heterocycles. The summed E-state index contributed by atoms with van der Waals surface area (Å²) in [6.45, 7) is 1.06. The molecular formula is C17H19F3N4OS. The first-order valence-electron chi connectivity index (χ1n) is 8.26. The van der Waals surface area contributed by atoms with Crippen LogP contribution in [0.4, 0.5) is 18.9 Å². The van der Waals surface area contributed by atoms with E-state index in [1.54, 1.807) is 0 Å². The van der Waals surface area contributed by atoms with Gasteiger partial charge in [-0.1, -0.05) is 11.8 Å². The fourth-order valence-corrected chi connectivity index (χ4v) is 3.72. The number of alkyl halides is 3. The Labute approximate surface area is 154 Å². The third kappa shape index (κ3) is 4.07. The van der Waals surface area contributed by atoms with E-state index < -0.39 is 11.7 Å². The standard InChI is InChI=1S/C17H19F3N4OS/c1-26-16(24-9-21)23-8-12-4-2-10-7-22-14-5-3-11(17(18,19)20)6-13(14)15(10)25-12/h3,5-6,10,12,15,22H,2,4,7-8H2,1H3,(H,23,24). The molecule has 2 aliphatic rings. The second-order valence-electron chi connectivity index (χ2n) is 6.28. The van der Waals surface area contributed by atoms with Gasteiger partial charge >= 0.3 is 6.18 Å². The number of ether oxygens (including phenoxy) is 1. The molecule has 9 heteroatoms. The Morgan fingerprint density at radius 2 is 2.27 bits per heavy atom. The van der Waals surface area contributed by atoms with Gasteiger partial charge in [0.25, 0.3) is 0 Å². The first-order chi connectivity index (χ1) is 12.4. The summed E-state index contributed by atoms with van der Waals surface area (Å²) in [5.41, 5.74) is 0.592. The number of nitriles is 1. The molecule has 1 aromatic rings. The van der Waals surface area contributed by atoms with Crippen molar-refractivity contribution in [2.24, 2.45) is 10.9 Å².